The van der Waals surface area contributed by atoms with Gasteiger partial charge in [0, 0.05) is 36.9 Å². The molecule has 140 valence electrons. The van der Waals surface area contributed by atoms with E-state index in [1.54, 1.807) is 0 Å². The number of rotatable bonds is 6. The number of carbonyl (C=O) groups excluding carboxylic acids is 1. The van der Waals surface area contributed by atoms with Gasteiger partial charge in [0.25, 0.3) is 0 Å². The van der Waals surface area contributed by atoms with Crippen molar-refractivity contribution in [1.29, 1.82) is 0 Å². The third kappa shape index (κ3) is 4.87. The molecule has 1 atom stereocenters. The molecule has 3 heteroatoms. The van der Waals surface area contributed by atoms with Gasteiger partial charge in [0.1, 0.15) is 0 Å². The zero-order chi connectivity index (χ0) is 19.0. The molecule has 0 aromatic carbocycles. The Morgan fingerprint density at radius 1 is 1.35 bits per heavy atom. The topological polar surface area (TPSA) is 42.3 Å². The van der Waals surface area contributed by atoms with Gasteiger partial charge in [-0.25, -0.2) is 0 Å². The second-order valence-corrected chi connectivity index (χ2v) is 6.86. The summed E-state index contributed by atoms with van der Waals surface area (Å²) in [6, 6.07) is 5.97. The van der Waals surface area contributed by atoms with Crippen molar-refractivity contribution >= 4 is 12.0 Å². The van der Waals surface area contributed by atoms with Crippen molar-refractivity contribution < 1.29 is 6.22 Å². The van der Waals surface area contributed by atoms with Crippen molar-refractivity contribution in [1.82, 2.24) is 4.98 Å². The number of pyridine rings is 1. The molecule has 1 aromatic heterocycles. The lowest BCUT2D eigenvalue weighted by Crippen LogP contribution is -2.26. The molecule has 0 amide bonds. The number of allylic oxidation sites excluding steroid dienone is 4. The van der Waals surface area contributed by atoms with Gasteiger partial charge in [0.05, 0.1) is 6.54 Å². The summed E-state index contributed by atoms with van der Waals surface area (Å²) in [7, 11) is 0. The summed E-state index contributed by atoms with van der Waals surface area (Å²) < 4.78 is 0. The van der Waals surface area contributed by atoms with Crippen LogP contribution in [0.25, 0.3) is 0 Å². The van der Waals surface area contributed by atoms with E-state index in [-0.39, 0.29) is 12.6 Å². The van der Waals surface area contributed by atoms with Crippen LogP contribution in [0.15, 0.2) is 64.8 Å². The number of hydrogen-bond donors (Lipinski definition) is 0. The van der Waals surface area contributed by atoms with Gasteiger partial charge in [-0.3, -0.25) is 14.8 Å². The van der Waals surface area contributed by atoms with Gasteiger partial charge in [-0.15, -0.1) is 0 Å². The van der Waals surface area contributed by atoms with E-state index in [0.29, 0.717) is 6.42 Å². The fourth-order valence-corrected chi connectivity index (χ4v) is 3.41. The van der Waals surface area contributed by atoms with Crippen LogP contribution < -0.4 is 0 Å². The quantitative estimate of drug-likeness (QED) is 0.674. The number of aryl methyl sites for hydroxylation is 1. The summed E-state index contributed by atoms with van der Waals surface area (Å²) in [5, 5.41) is 0. The minimum atomic E-state index is -0.0658. The maximum Gasteiger partial charge on any atom is 0.162 e. The van der Waals surface area contributed by atoms with E-state index in [1.807, 2.05) is 44.5 Å². The van der Waals surface area contributed by atoms with Crippen LogP contribution in [-0.4, -0.2) is 23.5 Å². The van der Waals surface area contributed by atoms with Gasteiger partial charge in [0.2, 0.25) is 0 Å². The second-order valence-electron chi connectivity index (χ2n) is 6.86. The average molecular weight is 353 g/mol. The Bertz CT molecular complexity index is 734. The van der Waals surface area contributed by atoms with E-state index in [0.717, 1.165) is 49.1 Å². The summed E-state index contributed by atoms with van der Waals surface area (Å²) in [6.07, 6.45) is 12.1. The van der Waals surface area contributed by atoms with Crippen molar-refractivity contribution in [2.75, 3.05) is 6.54 Å². The van der Waals surface area contributed by atoms with Gasteiger partial charge in [-0.05, 0) is 55.0 Å². The van der Waals surface area contributed by atoms with E-state index < -0.39 is 0 Å². The van der Waals surface area contributed by atoms with Crippen LogP contribution in [0.5, 0.6) is 0 Å². The zero-order valence-electron chi connectivity index (χ0n) is 16.3. The molecule has 2 heterocycles. The third-order valence-corrected chi connectivity index (χ3v) is 5.03. The van der Waals surface area contributed by atoms with E-state index in [4.69, 9.17) is 0 Å². The predicted octanol–water partition coefficient (Wildman–Crippen LogP) is 5.54. The van der Waals surface area contributed by atoms with E-state index >= 15 is 0 Å². The number of hydrogen-bond acceptors (Lipinski definition) is 3. The fourth-order valence-electron chi connectivity index (χ4n) is 3.41. The van der Waals surface area contributed by atoms with Gasteiger partial charge in [0.15, 0.2) is 5.78 Å². The smallest absolute Gasteiger partial charge is 0.162 e. The summed E-state index contributed by atoms with van der Waals surface area (Å²) >= 11 is 0. The average Bonchev–Trinajstić information content (AvgIpc) is 3.22. The first kappa shape index (κ1) is 20.0. The molecule has 0 saturated carbocycles. The molecule has 0 radical (unpaired) electrons. The Hall–Kier alpha value is -2.29. The highest BCUT2D eigenvalue weighted by atomic mass is 16.1. The number of carbonyl (C=O) groups is 1. The molecule has 1 unspecified atom stereocenters. The summed E-state index contributed by atoms with van der Waals surface area (Å²) in [5.41, 5.74) is 4.11. The van der Waals surface area contributed by atoms with Crippen LogP contribution in [0.3, 0.4) is 0 Å². The van der Waals surface area contributed by atoms with Gasteiger partial charge >= 0.3 is 0 Å². The van der Waals surface area contributed by atoms with Crippen LogP contribution in [0.1, 0.15) is 53.6 Å². The van der Waals surface area contributed by atoms with Crippen molar-refractivity contribution in [2.24, 2.45) is 10.4 Å². The highest BCUT2D eigenvalue weighted by Crippen LogP contribution is 2.41. The SMILES string of the molecule is C=C(CCCc1ccccn1)C1=CC(C)(C2=CC=NC2)CCC1=O.CC.[HH]. The van der Waals surface area contributed by atoms with Crippen molar-refractivity contribution in [3.8, 4) is 0 Å². The first-order valence-electron chi connectivity index (χ1n) is 9.62. The molecule has 1 aliphatic heterocycles. The lowest BCUT2D eigenvalue weighted by molar-refractivity contribution is -0.116. The Balaban J connectivity index is 0.00000118. The highest BCUT2D eigenvalue weighted by Gasteiger charge is 2.34. The minimum absolute atomic E-state index is 0. The second kappa shape index (κ2) is 9.42. The van der Waals surface area contributed by atoms with Crippen LogP contribution >= 0.6 is 0 Å². The first-order valence-corrected chi connectivity index (χ1v) is 9.62. The molecular formula is C23H32N2O. The number of nitrogens with zero attached hydrogens (tertiary/aromatic N) is 2. The molecule has 0 N–H and O–H groups in total. The van der Waals surface area contributed by atoms with Crippen LogP contribution in [0.2, 0.25) is 0 Å². The summed E-state index contributed by atoms with van der Waals surface area (Å²) in [4.78, 5) is 21.0. The minimum Gasteiger partial charge on any atom is -0.294 e. The zero-order valence-corrected chi connectivity index (χ0v) is 16.3. The standard InChI is InChI=1S/C21H24N2O.C2H6.H2/c1-16(6-5-8-18-7-3-4-12-23-18)19-14-21(2,11-9-20(19)24)17-10-13-22-15-17;1-2;/h3-4,7,10,12-14H,1,5-6,8-9,11,15H2,2H3;1-2H3;1H. The molecule has 0 fully saturated rings. The van der Waals surface area contributed by atoms with Crippen molar-refractivity contribution in [2.45, 2.75) is 52.9 Å². The number of ketones is 1. The number of aromatic nitrogens is 1. The maximum absolute atomic E-state index is 12.4. The lowest BCUT2D eigenvalue weighted by atomic mass is 9.71. The Morgan fingerprint density at radius 2 is 2.15 bits per heavy atom. The number of Topliss-reactive ketones (excluding diaryl/α,β-unsaturated/α-hetero) is 1. The molecule has 2 aliphatic rings. The summed E-state index contributed by atoms with van der Waals surface area (Å²) in [6.45, 7) is 11.2. The molecule has 0 bridgehead atoms. The van der Waals surface area contributed by atoms with Gasteiger partial charge < -0.3 is 0 Å². The Morgan fingerprint density at radius 3 is 2.81 bits per heavy atom. The van der Waals surface area contributed by atoms with Crippen LogP contribution in [-0.2, 0) is 11.2 Å². The third-order valence-electron chi connectivity index (χ3n) is 5.03. The molecular weight excluding hydrogens is 320 g/mol. The normalized spacial score (nSPS) is 21.6. The lowest BCUT2D eigenvalue weighted by Gasteiger charge is -2.32. The molecule has 3 rings (SSSR count). The van der Waals surface area contributed by atoms with E-state index in [9.17, 15) is 4.79 Å². The molecule has 1 aromatic rings. The molecule has 26 heavy (non-hydrogen) atoms. The summed E-state index contributed by atoms with van der Waals surface area (Å²) in [5.74, 6) is 0.231. The van der Waals surface area contributed by atoms with Crippen molar-refractivity contribution in [3.05, 3.63) is 65.5 Å². The van der Waals surface area contributed by atoms with Crippen LogP contribution in [0.4, 0.5) is 0 Å². The first-order chi connectivity index (χ1) is 12.6. The largest absolute Gasteiger partial charge is 0.294 e. The van der Waals surface area contributed by atoms with E-state index in [1.165, 1.54) is 5.57 Å². The predicted molar refractivity (Wildman–Crippen MR) is 112 cm³/mol. The maximum atomic E-state index is 12.4. The molecule has 1 aliphatic carbocycles. The van der Waals surface area contributed by atoms with Crippen LogP contribution in [0, 0.1) is 5.41 Å². The van der Waals surface area contributed by atoms with E-state index in [2.05, 4.69) is 35.6 Å². The highest BCUT2D eigenvalue weighted by molar-refractivity contribution is 6.00. The Labute approximate surface area is 159 Å². The van der Waals surface area contributed by atoms with Gasteiger partial charge in [-0.2, -0.15) is 0 Å². The molecule has 3 nitrogen and oxygen atoms in total. The van der Waals surface area contributed by atoms with Crippen molar-refractivity contribution in [3.63, 3.8) is 0 Å². The fraction of sp³-hybridized carbons (Fsp3) is 0.435. The monoisotopic (exact) mass is 352 g/mol. The Kier molecular flexibility index (Phi) is 7.26. The van der Waals surface area contributed by atoms with Gasteiger partial charge in [-0.1, -0.05) is 39.5 Å². The molecule has 0 saturated heterocycles. The number of aliphatic imine (C=N–C) groups is 1. The molecule has 0 spiro atoms.